The van der Waals surface area contributed by atoms with Gasteiger partial charge in [-0.3, -0.25) is 13.9 Å². The first-order valence-electron chi connectivity index (χ1n) is 12.0. The number of halogens is 2. The van der Waals surface area contributed by atoms with E-state index >= 15 is 0 Å². The molecule has 0 radical (unpaired) electrons. The number of amides is 2. The standard InChI is InChI=1S/C26H35F2N3O5S/c1-18(2)16-29-26(33)19(3)30(17-20-8-11-22(36-4)12-9-20)25(32)7-6-14-31(37(5,34)35)21-10-13-23(27)24(28)15-21/h8-13,15,18-19H,6-7,14,16-17H2,1-5H3,(H,29,33)/t19-/m0/s1. The van der Waals surface area contributed by atoms with E-state index in [1.165, 1.54) is 11.0 Å². The number of carbonyl (C=O) groups is 2. The van der Waals surface area contributed by atoms with E-state index in [1.54, 1.807) is 38.3 Å². The summed E-state index contributed by atoms with van der Waals surface area (Å²) in [4.78, 5) is 27.5. The van der Waals surface area contributed by atoms with Crippen LogP contribution in [0.2, 0.25) is 0 Å². The molecule has 204 valence electrons. The van der Waals surface area contributed by atoms with Gasteiger partial charge in [-0.2, -0.15) is 0 Å². The number of nitrogens with one attached hydrogen (secondary N) is 1. The molecule has 2 aromatic rings. The van der Waals surface area contributed by atoms with Gasteiger partial charge in [-0.1, -0.05) is 26.0 Å². The predicted molar refractivity (Wildman–Crippen MR) is 139 cm³/mol. The molecular weight excluding hydrogens is 504 g/mol. The van der Waals surface area contributed by atoms with Gasteiger partial charge in [0.2, 0.25) is 21.8 Å². The van der Waals surface area contributed by atoms with E-state index in [2.05, 4.69) is 5.32 Å². The lowest BCUT2D eigenvalue weighted by molar-refractivity contribution is -0.140. The van der Waals surface area contributed by atoms with Gasteiger partial charge in [-0.05, 0) is 49.1 Å². The Morgan fingerprint density at radius 2 is 1.68 bits per heavy atom. The minimum Gasteiger partial charge on any atom is -0.497 e. The molecule has 0 spiro atoms. The molecule has 2 rings (SSSR count). The first-order valence-corrected chi connectivity index (χ1v) is 13.8. The fourth-order valence-corrected chi connectivity index (χ4v) is 4.56. The van der Waals surface area contributed by atoms with Gasteiger partial charge in [0.25, 0.3) is 0 Å². The van der Waals surface area contributed by atoms with Crippen molar-refractivity contribution in [1.29, 1.82) is 0 Å². The Hall–Kier alpha value is -3.21. The monoisotopic (exact) mass is 539 g/mol. The number of hydrogen-bond donors (Lipinski definition) is 1. The number of rotatable bonds is 13. The third kappa shape index (κ3) is 8.99. The average molecular weight is 540 g/mol. The predicted octanol–water partition coefficient (Wildman–Crippen LogP) is 3.71. The van der Waals surface area contributed by atoms with Crippen molar-refractivity contribution >= 4 is 27.5 Å². The zero-order valence-corrected chi connectivity index (χ0v) is 22.6. The maximum absolute atomic E-state index is 13.7. The van der Waals surface area contributed by atoms with Crippen LogP contribution in [0, 0.1) is 17.6 Å². The zero-order valence-electron chi connectivity index (χ0n) is 21.8. The second-order valence-electron chi connectivity index (χ2n) is 9.22. The smallest absolute Gasteiger partial charge is 0.242 e. The molecule has 37 heavy (non-hydrogen) atoms. The molecule has 0 saturated heterocycles. The highest BCUT2D eigenvalue weighted by Crippen LogP contribution is 2.22. The van der Waals surface area contributed by atoms with Gasteiger partial charge in [0, 0.05) is 32.1 Å². The normalized spacial score (nSPS) is 12.2. The number of benzene rings is 2. The molecule has 11 heteroatoms. The number of ether oxygens (including phenoxy) is 1. The Balaban J connectivity index is 2.18. The van der Waals surface area contributed by atoms with Crippen LogP contribution in [0.5, 0.6) is 5.75 Å². The van der Waals surface area contributed by atoms with E-state index < -0.39 is 27.7 Å². The molecule has 0 fully saturated rings. The second kappa shape index (κ2) is 13.4. The van der Waals surface area contributed by atoms with Crippen LogP contribution in [-0.4, -0.2) is 57.6 Å². The van der Waals surface area contributed by atoms with Crippen LogP contribution in [0.3, 0.4) is 0 Å². The Labute approximate surface area is 217 Å². The van der Waals surface area contributed by atoms with Crippen LogP contribution < -0.4 is 14.4 Å². The molecule has 0 heterocycles. The third-order valence-electron chi connectivity index (χ3n) is 5.71. The molecule has 0 saturated carbocycles. The highest BCUT2D eigenvalue weighted by Gasteiger charge is 2.27. The Morgan fingerprint density at radius 1 is 1.03 bits per heavy atom. The van der Waals surface area contributed by atoms with Gasteiger partial charge < -0.3 is 15.0 Å². The van der Waals surface area contributed by atoms with Crippen molar-refractivity contribution in [3.05, 3.63) is 59.7 Å². The van der Waals surface area contributed by atoms with Crippen molar-refractivity contribution in [2.45, 2.75) is 46.2 Å². The maximum atomic E-state index is 13.7. The molecule has 0 unspecified atom stereocenters. The summed E-state index contributed by atoms with van der Waals surface area (Å²) >= 11 is 0. The number of nitrogens with zero attached hydrogens (tertiary/aromatic N) is 2. The van der Waals surface area contributed by atoms with Gasteiger partial charge in [0.05, 0.1) is 19.1 Å². The van der Waals surface area contributed by atoms with Crippen molar-refractivity contribution in [2.24, 2.45) is 5.92 Å². The fraction of sp³-hybridized carbons (Fsp3) is 0.462. The third-order valence-corrected chi connectivity index (χ3v) is 6.90. The van der Waals surface area contributed by atoms with E-state index in [0.717, 1.165) is 28.3 Å². The fourth-order valence-electron chi connectivity index (χ4n) is 3.61. The molecule has 0 aliphatic heterocycles. The number of sulfonamides is 1. The second-order valence-corrected chi connectivity index (χ2v) is 11.1. The van der Waals surface area contributed by atoms with E-state index in [4.69, 9.17) is 4.74 Å². The lowest BCUT2D eigenvalue weighted by Crippen LogP contribution is -2.48. The number of anilines is 1. The van der Waals surface area contributed by atoms with Crippen LogP contribution in [0.4, 0.5) is 14.5 Å². The van der Waals surface area contributed by atoms with Gasteiger partial charge in [-0.15, -0.1) is 0 Å². The Kier molecular flexibility index (Phi) is 10.8. The van der Waals surface area contributed by atoms with E-state index in [9.17, 15) is 26.8 Å². The van der Waals surface area contributed by atoms with Crippen LogP contribution in [0.25, 0.3) is 0 Å². The van der Waals surface area contributed by atoms with Crippen molar-refractivity contribution in [3.63, 3.8) is 0 Å². The first kappa shape index (κ1) is 30.0. The molecule has 2 aromatic carbocycles. The first-order chi connectivity index (χ1) is 17.3. The number of carbonyl (C=O) groups excluding carboxylic acids is 2. The molecule has 8 nitrogen and oxygen atoms in total. The lowest BCUT2D eigenvalue weighted by Gasteiger charge is -2.29. The Morgan fingerprint density at radius 3 is 2.22 bits per heavy atom. The summed E-state index contributed by atoms with van der Waals surface area (Å²) in [7, 11) is -2.28. The van der Waals surface area contributed by atoms with E-state index in [0.29, 0.717) is 12.3 Å². The van der Waals surface area contributed by atoms with Gasteiger partial charge >= 0.3 is 0 Å². The number of hydrogen-bond acceptors (Lipinski definition) is 5. The molecule has 0 aliphatic carbocycles. The van der Waals surface area contributed by atoms with Crippen LogP contribution in [-0.2, 0) is 26.2 Å². The molecule has 1 N–H and O–H groups in total. The summed E-state index contributed by atoms with van der Waals surface area (Å²) in [6.07, 6.45) is 0.991. The molecule has 0 aromatic heterocycles. The Bertz CT molecular complexity index is 1170. The summed E-state index contributed by atoms with van der Waals surface area (Å²) in [6, 6.07) is 9.15. The summed E-state index contributed by atoms with van der Waals surface area (Å²) in [5.74, 6) is -2.01. The van der Waals surface area contributed by atoms with Crippen LogP contribution in [0.15, 0.2) is 42.5 Å². The maximum Gasteiger partial charge on any atom is 0.242 e. The lowest BCUT2D eigenvalue weighted by atomic mass is 10.1. The summed E-state index contributed by atoms with van der Waals surface area (Å²) in [6.45, 7) is 6.07. The minimum atomic E-state index is -3.82. The highest BCUT2D eigenvalue weighted by atomic mass is 32.2. The largest absolute Gasteiger partial charge is 0.497 e. The van der Waals surface area contributed by atoms with Gasteiger partial charge in [0.15, 0.2) is 11.6 Å². The molecule has 0 aliphatic rings. The van der Waals surface area contributed by atoms with Crippen LogP contribution in [0.1, 0.15) is 39.2 Å². The molecular formula is C26H35F2N3O5S. The number of methoxy groups -OCH3 is 1. The topological polar surface area (TPSA) is 96.0 Å². The van der Waals surface area contributed by atoms with Crippen molar-refractivity contribution in [1.82, 2.24) is 10.2 Å². The van der Waals surface area contributed by atoms with Gasteiger partial charge in [0.1, 0.15) is 11.8 Å². The summed E-state index contributed by atoms with van der Waals surface area (Å²) in [5, 5.41) is 2.84. The van der Waals surface area contributed by atoms with Gasteiger partial charge in [-0.25, -0.2) is 17.2 Å². The van der Waals surface area contributed by atoms with E-state index in [1.807, 2.05) is 13.8 Å². The van der Waals surface area contributed by atoms with E-state index in [-0.39, 0.29) is 49.4 Å². The average Bonchev–Trinajstić information content (AvgIpc) is 2.84. The van der Waals surface area contributed by atoms with Crippen molar-refractivity contribution in [2.75, 3.05) is 30.8 Å². The summed E-state index contributed by atoms with van der Waals surface area (Å²) in [5.41, 5.74) is 0.752. The summed E-state index contributed by atoms with van der Waals surface area (Å²) < 4.78 is 57.8. The van der Waals surface area contributed by atoms with Crippen molar-refractivity contribution in [3.8, 4) is 5.75 Å². The molecule has 2 amide bonds. The SMILES string of the molecule is COc1ccc(CN(C(=O)CCCN(c2ccc(F)c(F)c2)S(C)(=O)=O)[C@@H](C)C(=O)NCC(C)C)cc1. The molecule has 1 atom stereocenters. The van der Waals surface area contributed by atoms with Crippen LogP contribution >= 0.6 is 0 Å². The molecule has 0 bridgehead atoms. The minimum absolute atomic E-state index is 0.0367. The highest BCUT2D eigenvalue weighted by molar-refractivity contribution is 7.92. The van der Waals surface area contributed by atoms with Crippen molar-refractivity contribution < 1.29 is 31.5 Å². The zero-order chi connectivity index (χ0) is 27.8. The quantitative estimate of drug-likeness (QED) is 0.419.